The van der Waals surface area contributed by atoms with E-state index in [1.165, 1.54) is 7.11 Å². The van der Waals surface area contributed by atoms with Crippen molar-refractivity contribution in [2.24, 2.45) is 0 Å². The zero-order chi connectivity index (χ0) is 12.0. The lowest BCUT2D eigenvalue weighted by Crippen LogP contribution is -2.20. The van der Waals surface area contributed by atoms with Crippen LogP contribution in [0.2, 0.25) is 0 Å². The molecule has 0 aliphatic rings. The maximum absolute atomic E-state index is 13.6. The van der Waals surface area contributed by atoms with E-state index in [0.29, 0.717) is 24.4 Å². The lowest BCUT2D eigenvalue weighted by molar-refractivity contribution is 0.383. The monoisotopic (exact) mass is 245 g/mol. The van der Waals surface area contributed by atoms with Crippen LogP contribution in [0.15, 0.2) is 18.2 Å². The Morgan fingerprint density at radius 2 is 2.25 bits per heavy atom. The largest absolute Gasteiger partial charge is 0.494 e. The first-order chi connectivity index (χ1) is 7.65. The molecule has 0 heterocycles. The number of rotatable bonds is 6. The molecule has 0 saturated carbocycles. The fraction of sp³-hybridized carbons (Fsp3) is 0.455. The van der Waals surface area contributed by atoms with Gasteiger partial charge in [-0.1, -0.05) is 12.1 Å². The van der Waals surface area contributed by atoms with Crippen molar-refractivity contribution in [1.82, 2.24) is 5.32 Å². The summed E-state index contributed by atoms with van der Waals surface area (Å²) in [6.45, 7) is 1.03. The molecule has 0 fully saturated rings. The Hall–Kier alpha value is -0.940. The number of hydrogen-bond donors (Lipinski definition) is 1. The summed E-state index contributed by atoms with van der Waals surface area (Å²) in [6, 6.07) is 5.03. The first kappa shape index (κ1) is 13.1. The average Bonchev–Trinajstić information content (AvgIpc) is 2.26. The minimum Gasteiger partial charge on any atom is -0.494 e. The molecule has 1 atom stereocenters. The number of nitrogens with one attached hydrogen (secondary N) is 1. The molecule has 1 aromatic carbocycles. The van der Waals surface area contributed by atoms with E-state index in [4.69, 9.17) is 4.74 Å². The lowest BCUT2D eigenvalue weighted by atomic mass is 10.2. The van der Waals surface area contributed by atoms with Crippen LogP contribution < -0.4 is 10.1 Å². The molecule has 1 unspecified atom stereocenters. The van der Waals surface area contributed by atoms with Crippen LogP contribution >= 0.6 is 0 Å². The molecular weight excluding hydrogens is 229 g/mol. The first-order valence-electron chi connectivity index (χ1n) is 4.97. The van der Waals surface area contributed by atoms with E-state index >= 15 is 0 Å². The van der Waals surface area contributed by atoms with Crippen LogP contribution in [0.4, 0.5) is 4.39 Å². The Morgan fingerprint density at radius 3 is 2.88 bits per heavy atom. The molecule has 16 heavy (non-hydrogen) atoms. The van der Waals surface area contributed by atoms with Gasteiger partial charge in [0.15, 0.2) is 11.6 Å². The van der Waals surface area contributed by atoms with Crippen molar-refractivity contribution in [3.8, 4) is 5.75 Å². The highest BCUT2D eigenvalue weighted by Gasteiger charge is 2.07. The van der Waals surface area contributed by atoms with Gasteiger partial charge < -0.3 is 10.1 Å². The van der Waals surface area contributed by atoms with Crippen molar-refractivity contribution in [2.45, 2.75) is 6.54 Å². The highest BCUT2D eigenvalue weighted by Crippen LogP contribution is 2.19. The van der Waals surface area contributed by atoms with Crippen LogP contribution in [0.25, 0.3) is 0 Å². The Bertz CT molecular complexity index is 371. The summed E-state index contributed by atoms with van der Waals surface area (Å²) in [5, 5.41) is 3.04. The van der Waals surface area contributed by atoms with Crippen molar-refractivity contribution in [3.05, 3.63) is 29.6 Å². The Kier molecular flexibility index (Phi) is 5.42. The van der Waals surface area contributed by atoms with Crippen LogP contribution in [0.5, 0.6) is 5.75 Å². The number of ether oxygens (including phenoxy) is 1. The van der Waals surface area contributed by atoms with Crippen LogP contribution in [0.3, 0.4) is 0 Å². The van der Waals surface area contributed by atoms with E-state index in [1.807, 2.05) is 0 Å². The minimum absolute atomic E-state index is 0.248. The van der Waals surface area contributed by atoms with Gasteiger partial charge in [-0.3, -0.25) is 4.21 Å². The van der Waals surface area contributed by atoms with Crippen molar-refractivity contribution < 1.29 is 13.3 Å². The van der Waals surface area contributed by atoms with Crippen LogP contribution in [0.1, 0.15) is 5.56 Å². The highest BCUT2D eigenvalue weighted by molar-refractivity contribution is 7.84. The Balaban J connectivity index is 2.50. The second-order valence-corrected chi connectivity index (χ2v) is 4.94. The van der Waals surface area contributed by atoms with E-state index < -0.39 is 10.8 Å². The van der Waals surface area contributed by atoms with Gasteiger partial charge in [0.2, 0.25) is 0 Å². The van der Waals surface area contributed by atoms with Crippen molar-refractivity contribution in [3.63, 3.8) is 0 Å². The van der Waals surface area contributed by atoms with Crippen LogP contribution in [-0.4, -0.2) is 29.9 Å². The molecule has 0 amide bonds. The molecule has 90 valence electrons. The molecule has 3 nitrogen and oxygen atoms in total. The quantitative estimate of drug-likeness (QED) is 0.768. The molecule has 0 radical (unpaired) electrons. The summed E-state index contributed by atoms with van der Waals surface area (Å²) in [5.41, 5.74) is 0.557. The fourth-order valence-corrected chi connectivity index (χ4v) is 1.72. The normalized spacial score (nSPS) is 12.4. The predicted octanol–water partition coefficient (Wildman–Crippen LogP) is 1.30. The maximum Gasteiger partial charge on any atom is 0.169 e. The summed E-state index contributed by atoms with van der Waals surface area (Å²) >= 11 is 0. The molecule has 0 aromatic heterocycles. The summed E-state index contributed by atoms with van der Waals surface area (Å²) < 4.78 is 29.3. The third kappa shape index (κ3) is 3.90. The molecule has 0 bridgehead atoms. The number of benzene rings is 1. The van der Waals surface area contributed by atoms with Gasteiger partial charge in [0.05, 0.1) is 7.11 Å². The summed E-state index contributed by atoms with van der Waals surface area (Å²) in [4.78, 5) is 0. The van der Waals surface area contributed by atoms with E-state index in [-0.39, 0.29) is 11.6 Å². The Labute approximate surface area is 97.5 Å². The topological polar surface area (TPSA) is 38.3 Å². The second-order valence-electron chi connectivity index (χ2n) is 3.39. The zero-order valence-electron chi connectivity index (χ0n) is 9.46. The number of methoxy groups -OCH3 is 1. The predicted molar refractivity (Wildman–Crippen MR) is 63.6 cm³/mol. The maximum atomic E-state index is 13.6. The smallest absolute Gasteiger partial charge is 0.169 e. The van der Waals surface area contributed by atoms with Gasteiger partial charge in [-0.15, -0.1) is 0 Å². The van der Waals surface area contributed by atoms with Crippen molar-refractivity contribution in [1.29, 1.82) is 0 Å². The van der Waals surface area contributed by atoms with Gasteiger partial charge in [0.25, 0.3) is 0 Å². The van der Waals surface area contributed by atoms with Crippen molar-refractivity contribution >= 4 is 10.8 Å². The Morgan fingerprint density at radius 1 is 1.50 bits per heavy atom. The second kappa shape index (κ2) is 6.60. The number of halogens is 1. The molecule has 0 aliphatic carbocycles. The van der Waals surface area contributed by atoms with E-state index in [9.17, 15) is 8.60 Å². The molecule has 0 spiro atoms. The molecule has 1 aromatic rings. The lowest BCUT2D eigenvalue weighted by Gasteiger charge is -2.08. The first-order valence-corrected chi connectivity index (χ1v) is 6.70. The highest BCUT2D eigenvalue weighted by atomic mass is 32.2. The van der Waals surface area contributed by atoms with Gasteiger partial charge in [0, 0.05) is 41.5 Å². The summed E-state index contributed by atoms with van der Waals surface area (Å²) in [7, 11) is 0.625. The number of hydrogen-bond acceptors (Lipinski definition) is 3. The fourth-order valence-electron chi connectivity index (χ4n) is 1.29. The van der Waals surface area contributed by atoms with Crippen LogP contribution in [-0.2, 0) is 17.3 Å². The molecule has 1 N–H and O–H groups in total. The SMILES string of the molecule is COc1cccc(CNCCS(C)=O)c1F. The molecule has 0 aliphatic heterocycles. The third-order valence-corrected chi connectivity index (χ3v) is 2.92. The van der Waals surface area contributed by atoms with E-state index in [2.05, 4.69) is 5.32 Å². The van der Waals surface area contributed by atoms with Crippen LogP contribution in [0, 0.1) is 5.82 Å². The average molecular weight is 245 g/mol. The third-order valence-electron chi connectivity index (χ3n) is 2.14. The van der Waals surface area contributed by atoms with Gasteiger partial charge in [-0.05, 0) is 6.07 Å². The van der Waals surface area contributed by atoms with E-state index in [1.54, 1.807) is 24.5 Å². The van der Waals surface area contributed by atoms with Gasteiger partial charge in [0.1, 0.15) is 0 Å². The molecule has 0 saturated heterocycles. The standard InChI is InChI=1S/C11H16FNO2S/c1-15-10-5-3-4-9(11(10)12)8-13-6-7-16(2)14/h3-5,13H,6-8H2,1-2H3. The summed E-state index contributed by atoms with van der Waals surface area (Å²) in [6.07, 6.45) is 1.65. The van der Waals surface area contributed by atoms with Crippen molar-refractivity contribution in [2.75, 3.05) is 25.7 Å². The minimum atomic E-state index is -0.816. The zero-order valence-corrected chi connectivity index (χ0v) is 10.3. The molecule has 1 rings (SSSR count). The molecular formula is C11H16FNO2S. The van der Waals surface area contributed by atoms with Gasteiger partial charge >= 0.3 is 0 Å². The van der Waals surface area contributed by atoms with E-state index in [0.717, 1.165) is 0 Å². The summed E-state index contributed by atoms with van der Waals surface area (Å²) in [5.74, 6) is 0.486. The molecule has 5 heteroatoms. The van der Waals surface area contributed by atoms with Gasteiger partial charge in [-0.25, -0.2) is 4.39 Å². The van der Waals surface area contributed by atoms with Gasteiger partial charge in [-0.2, -0.15) is 0 Å².